The largest absolute Gasteiger partial charge is 0.389 e. The normalized spacial score (nSPS) is 19.6. The average molecular weight is 392 g/mol. The molecule has 0 spiro atoms. The minimum Gasteiger partial charge on any atom is -0.389 e. The Morgan fingerprint density at radius 2 is 2.03 bits per heavy atom. The predicted molar refractivity (Wildman–Crippen MR) is 108 cm³/mol. The third-order valence-electron chi connectivity index (χ3n) is 5.18. The molecule has 1 N–H and O–H groups in total. The molecule has 1 aromatic carbocycles. The molecule has 0 amide bonds. The van der Waals surface area contributed by atoms with Crippen LogP contribution in [0.3, 0.4) is 0 Å². The zero-order valence-corrected chi connectivity index (χ0v) is 16.2. The number of anilines is 1. The fourth-order valence-corrected chi connectivity index (χ4v) is 3.55. The molecule has 1 atom stereocenters. The average Bonchev–Trinajstić information content (AvgIpc) is 3.29. The maximum absolute atomic E-state index is 9.70. The Balaban J connectivity index is 1.62. The van der Waals surface area contributed by atoms with Gasteiger partial charge in [-0.3, -0.25) is 9.91 Å². The number of nitriles is 1. The van der Waals surface area contributed by atoms with Crippen LogP contribution in [0.1, 0.15) is 17.5 Å². The van der Waals surface area contributed by atoms with E-state index in [4.69, 9.17) is 4.74 Å². The number of rotatable bonds is 6. The highest BCUT2D eigenvalue weighted by atomic mass is 16.5. The van der Waals surface area contributed by atoms with Gasteiger partial charge in [0.05, 0.1) is 43.2 Å². The molecule has 0 bridgehead atoms. The Morgan fingerprint density at radius 3 is 2.72 bits per heavy atom. The van der Waals surface area contributed by atoms with E-state index in [-0.39, 0.29) is 0 Å². The molecule has 8 heteroatoms. The van der Waals surface area contributed by atoms with Crippen LogP contribution in [0.2, 0.25) is 0 Å². The zero-order chi connectivity index (χ0) is 20.1. The summed E-state index contributed by atoms with van der Waals surface area (Å²) >= 11 is 0. The van der Waals surface area contributed by atoms with Crippen molar-refractivity contribution < 1.29 is 9.84 Å². The first-order valence-electron chi connectivity index (χ1n) is 9.74. The van der Waals surface area contributed by atoms with Gasteiger partial charge in [0.2, 0.25) is 0 Å². The first kappa shape index (κ1) is 19.3. The molecule has 8 nitrogen and oxygen atoms in total. The summed E-state index contributed by atoms with van der Waals surface area (Å²) in [4.78, 5) is 2.31. The van der Waals surface area contributed by atoms with Gasteiger partial charge in [-0.05, 0) is 35.8 Å². The first-order valence-corrected chi connectivity index (χ1v) is 9.74. The highest BCUT2D eigenvalue weighted by Gasteiger charge is 2.17. The smallest absolute Gasteiger partial charge is 0.139 e. The lowest BCUT2D eigenvalue weighted by Gasteiger charge is -2.29. The van der Waals surface area contributed by atoms with Crippen LogP contribution in [0.4, 0.5) is 5.69 Å². The van der Waals surface area contributed by atoms with Crippen molar-refractivity contribution in [3.8, 4) is 6.07 Å². The van der Waals surface area contributed by atoms with Gasteiger partial charge in [0, 0.05) is 19.6 Å². The zero-order valence-electron chi connectivity index (χ0n) is 16.2. The predicted octanol–water partition coefficient (Wildman–Crippen LogP) is 1.50. The Morgan fingerprint density at radius 1 is 1.24 bits per heavy atom. The van der Waals surface area contributed by atoms with Gasteiger partial charge in [0.25, 0.3) is 0 Å². The number of aliphatic hydroxyl groups is 1. The van der Waals surface area contributed by atoms with Crippen LogP contribution >= 0.6 is 0 Å². The lowest BCUT2D eigenvalue weighted by molar-refractivity contribution is 0.0341. The van der Waals surface area contributed by atoms with Crippen LogP contribution in [-0.2, 0) is 11.3 Å². The summed E-state index contributed by atoms with van der Waals surface area (Å²) in [5.41, 5.74) is 3.73. The summed E-state index contributed by atoms with van der Waals surface area (Å²) in [5.74, 6) is 0. The first-order chi connectivity index (χ1) is 14.2. The summed E-state index contributed by atoms with van der Waals surface area (Å²) in [5, 5.41) is 29.2. The van der Waals surface area contributed by atoms with E-state index < -0.39 is 6.10 Å². The van der Waals surface area contributed by atoms with Crippen LogP contribution in [0, 0.1) is 11.3 Å². The molecule has 1 aliphatic heterocycles. The number of benzene rings is 1. The summed E-state index contributed by atoms with van der Waals surface area (Å²) in [6.07, 6.45) is 9.30. The Labute approximate surface area is 169 Å². The molecule has 1 saturated heterocycles. The third-order valence-corrected chi connectivity index (χ3v) is 5.18. The van der Waals surface area contributed by atoms with Crippen LogP contribution < -0.4 is 5.01 Å². The van der Waals surface area contributed by atoms with Gasteiger partial charge in [-0.25, -0.2) is 4.68 Å². The Hall–Kier alpha value is -2.99. The fraction of sp³-hybridized carbons (Fsp3) is 0.381. The number of ether oxygens (including phenoxy) is 1. The highest BCUT2D eigenvalue weighted by molar-refractivity contribution is 5.55. The van der Waals surface area contributed by atoms with Crippen molar-refractivity contribution in [3.63, 3.8) is 0 Å². The lowest BCUT2D eigenvalue weighted by Crippen LogP contribution is -2.36. The second kappa shape index (κ2) is 9.01. The quantitative estimate of drug-likeness (QED) is 0.797. The van der Waals surface area contributed by atoms with Gasteiger partial charge in [-0.1, -0.05) is 18.2 Å². The van der Waals surface area contributed by atoms with Crippen molar-refractivity contribution in [1.29, 1.82) is 5.26 Å². The summed E-state index contributed by atoms with van der Waals surface area (Å²) < 4.78 is 7.27. The third kappa shape index (κ3) is 4.71. The van der Waals surface area contributed by atoms with Gasteiger partial charge in [0.1, 0.15) is 12.7 Å². The van der Waals surface area contributed by atoms with E-state index in [1.54, 1.807) is 12.7 Å². The monoisotopic (exact) mass is 392 g/mol. The topological polar surface area (TPSA) is 90.4 Å². The fourth-order valence-electron chi connectivity index (χ4n) is 3.55. The SMILES string of the molecule is N#Cc1ccc(N(CC2=CCC(O)C=C2)n2cnnc2)cc1CN1CCOCC1. The second-order valence-corrected chi connectivity index (χ2v) is 7.18. The van der Waals surface area contributed by atoms with E-state index >= 15 is 0 Å². The number of aromatic nitrogens is 3. The molecule has 1 unspecified atom stereocenters. The maximum atomic E-state index is 9.70. The molecule has 1 aromatic heterocycles. The van der Waals surface area contributed by atoms with Crippen LogP contribution in [0.5, 0.6) is 0 Å². The van der Waals surface area contributed by atoms with Crippen LogP contribution in [0.25, 0.3) is 0 Å². The molecule has 0 saturated carbocycles. The standard InChI is InChI=1S/C21H24N6O2/c22-12-18-3-4-20(11-19(18)14-25-7-9-29-10-8-25)27(26-15-23-24-16-26)13-17-1-5-21(28)6-2-17/h1-5,11,15-16,21,28H,6-10,13-14H2. The number of hydrogen-bond acceptors (Lipinski definition) is 7. The summed E-state index contributed by atoms with van der Waals surface area (Å²) in [7, 11) is 0. The Kier molecular flexibility index (Phi) is 6.00. The molecule has 150 valence electrons. The van der Waals surface area contributed by atoms with Gasteiger partial charge in [-0.2, -0.15) is 5.26 Å². The van der Waals surface area contributed by atoms with Gasteiger partial charge in [0.15, 0.2) is 0 Å². The van der Waals surface area contributed by atoms with Crippen molar-refractivity contribution in [2.24, 2.45) is 0 Å². The van der Waals surface area contributed by atoms with E-state index in [1.165, 1.54) is 0 Å². The number of nitrogens with zero attached hydrogens (tertiary/aromatic N) is 6. The van der Waals surface area contributed by atoms with Crippen LogP contribution in [0.15, 0.2) is 54.7 Å². The summed E-state index contributed by atoms with van der Waals surface area (Å²) in [6.45, 7) is 4.49. The minimum absolute atomic E-state index is 0.419. The number of hydrogen-bond donors (Lipinski definition) is 1. The van der Waals surface area contributed by atoms with Crippen molar-refractivity contribution >= 4 is 5.69 Å². The van der Waals surface area contributed by atoms with E-state index in [0.29, 0.717) is 25.1 Å². The van der Waals surface area contributed by atoms with Crippen molar-refractivity contribution in [3.05, 3.63) is 65.8 Å². The van der Waals surface area contributed by atoms with Gasteiger partial charge in [-0.15, -0.1) is 10.2 Å². The van der Waals surface area contributed by atoms with E-state index in [2.05, 4.69) is 32.2 Å². The molecule has 2 aromatic rings. The van der Waals surface area contributed by atoms with Crippen molar-refractivity contribution in [1.82, 2.24) is 19.8 Å². The lowest BCUT2D eigenvalue weighted by atomic mass is 10.0. The molecular formula is C21H24N6O2. The molecule has 0 radical (unpaired) electrons. The summed E-state index contributed by atoms with van der Waals surface area (Å²) in [6, 6.07) is 8.20. The van der Waals surface area contributed by atoms with Crippen molar-refractivity contribution in [2.75, 3.05) is 37.9 Å². The second-order valence-electron chi connectivity index (χ2n) is 7.18. The molecule has 1 fully saturated rings. The van der Waals surface area contributed by atoms with Gasteiger partial charge < -0.3 is 9.84 Å². The van der Waals surface area contributed by atoms with E-state index in [9.17, 15) is 10.4 Å². The molecule has 1 aliphatic carbocycles. The van der Waals surface area contributed by atoms with E-state index in [0.717, 1.165) is 43.1 Å². The number of morpholine rings is 1. The highest BCUT2D eigenvalue weighted by Crippen LogP contribution is 2.24. The molecule has 2 aliphatic rings. The number of aliphatic hydroxyl groups excluding tert-OH is 1. The minimum atomic E-state index is -0.419. The van der Waals surface area contributed by atoms with Crippen molar-refractivity contribution in [2.45, 2.75) is 19.1 Å². The molecular weight excluding hydrogens is 368 g/mol. The van der Waals surface area contributed by atoms with E-state index in [1.807, 2.05) is 35.0 Å². The van der Waals surface area contributed by atoms with Crippen LogP contribution in [-0.4, -0.2) is 63.8 Å². The maximum Gasteiger partial charge on any atom is 0.139 e. The van der Waals surface area contributed by atoms with Gasteiger partial charge >= 0.3 is 0 Å². The molecule has 2 heterocycles. The molecule has 29 heavy (non-hydrogen) atoms. The Bertz CT molecular complexity index is 925. The molecule has 4 rings (SSSR count).